The van der Waals surface area contributed by atoms with E-state index < -0.39 is 0 Å². The number of aromatic nitrogens is 1. The summed E-state index contributed by atoms with van der Waals surface area (Å²) in [5.74, 6) is 0.758. The number of ether oxygens (including phenoxy) is 1. The summed E-state index contributed by atoms with van der Waals surface area (Å²) < 4.78 is 7.16. The molecule has 0 aliphatic carbocycles. The van der Waals surface area contributed by atoms with E-state index in [0.29, 0.717) is 0 Å². The van der Waals surface area contributed by atoms with E-state index in [4.69, 9.17) is 4.74 Å². The van der Waals surface area contributed by atoms with Crippen molar-refractivity contribution in [3.05, 3.63) is 39.2 Å². The van der Waals surface area contributed by atoms with Crippen LogP contribution in [-0.4, -0.2) is 18.2 Å². The van der Waals surface area contributed by atoms with Crippen LogP contribution < -0.4 is 15.6 Å². The third-order valence-electron chi connectivity index (χ3n) is 3.99. The van der Waals surface area contributed by atoms with Crippen molar-refractivity contribution in [2.24, 2.45) is 7.05 Å². The Balaban J connectivity index is 2.55. The number of nitrogens with zero attached hydrogens (tertiary/aromatic N) is 1. The number of benzene rings is 1. The average molecular weight is 258 g/mol. The molecule has 2 heterocycles. The number of hydrogen-bond acceptors (Lipinski definition) is 3. The summed E-state index contributed by atoms with van der Waals surface area (Å²) in [4.78, 5) is 12.5. The first-order valence-corrected chi connectivity index (χ1v) is 6.54. The fraction of sp³-hybridized carbons (Fsp3) is 0.400. The number of fused-ring (bicyclic) bond motifs is 3. The molecule has 4 heteroatoms. The number of nitrogens with one attached hydrogen (secondary N) is 1. The molecule has 1 aliphatic heterocycles. The smallest absolute Gasteiger partial charge is 0.254 e. The van der Waals surface area contributed by atoms with Crippen molar-refractivity contribution in [1.29, 1.82) is 0 Å². The minimum Gasteiger partial charge on any atom is -0.495 e. The lowest BCUT2D eigenvalue weighted by molar-refractivity contribution is 0.417. The van der Waals surface area contributed by atoms with Gasteiger partial charge in [-0.3, -0.25) is 4.79 Å². The number of rotatable bonds is 1. The standard InChI is InChI=1S/C15H18N2O2/c1-9-4-5-12(19-3)14-13(9)11-8-16-7-6-10(11)15(18)17(14)2/h4-5,16H,6-8H2,1-3H3. The summed E-state index contributed by atoms with van der Waals surface area (Å²) in [6, 6.07) is 3.99. The van der Waals surface area contributed by atoms with Crippen molar-refractivity contribution in [2.45, 2.75) is 19.9 Å². The second-order valence-corrected chi connectivity index (χ2v) is 5.06. The van der Waals surface area contributed by atoms with Crippen LogP contribution in [-0.2, 0) is 20.0 Å². The van der Waals surface area contributed by atoms with Gasteiger partial charge in [0.25, 0.3) is 5.56 Å². The summed E-state index contributed by atoms with van der Waals surface area (Å²) in [6.07, 6.45) is 0.800. The Morgan fingerprint density at radius 1 is 1.32 bits per heavy atom. The first-order chi connectivity index (χ1) is 9.15. The van der Waals surface area contributed by atoms with E-state index in [1.807, 2.05) is 13.1 Å². The van der Waals surface area contributed by atoms with E-state index in [2.05, 4.69) is 18.3 Å². The molecule has 0 spiro atoms. The van der Waals surface area contributed by atoms with Crippen LogP contribution >= 0.6 is 0 Å². The Kier molecular flexibility index (Phi) is 2.82. The Labute approximate surface area is 112 Å². The number of methoxy groups -OCH3 is 1. The molecule has 1 aromatic heterocycles. The minimum atomic E-state index is 0.105. The third kappa shape index (κ3) is 1.67. The van der Waals surface area contributed by atoms with Crippen LogP contribution in [0.1, 0.15) is 16.7 Å². The largest absolute Gasteiger partial charge is 0.495 e. The van der Waals surface area contributed by atoms with E-state index in [-0.39, 0.29) is 5.56 Å². The highest BCUT2D eigenvalue weighted by molar-refractivity contribution is 5.91. The number of hydrogen-bond donors (Lipinski definition) is 1. The fourth-order valence-electron chi connectivity index (χ4n) is 3.02. The van der Waals surface area contributed by atoms with Gasteiger partial charge in [0, 0.05) is 24.5 Å². The molecular formula is C15H18N2O2. The molecule has 4 nitrogen and oxygen atoms in total. The normalized spacial score (nSPS) is 14.5. The predicted octanol–water partition coefficient (Wildman–Crippen LogP) is 1.50. The topological polar surface area (TPSA) is 43.3 Å². The van der Waals surface area contributed by atoms with Crippen LogP contribution in [0.3, 0.4) is 0 Å². The molecule has 0 fully saturated rings. The second-order valence-electron chi connectivity index (χ2n) is 5.06. The van der Waals surface area contributed by atoms with Crippen LogP contribution in [0.15, 0.2) is 16.9 Å². The predicted molar refractivity (Wildman–Crippen MR) is 75.9 cm³/mol. The van der Waals surface area contributed by atoms with Crippen molar-refractivity contribution < 1.29 is 4.74 Å². The molecule has 100 valence electrons. The highest BCUT2D eigenvalue weighted by atomic mass is 16.5. The van der Waals surface area contributed by atoms with Gasteiger partial charge in [-0.25, -0.2) is 0 Å². The van der Waals surface area contributed by atoms with Crippen LogP contribution in [0.25, 0.3) is 10.9 Å². The zero-order chi connectivity index (χ0) is 13.6. The average Bonchev–Trinajstić information content (AvgIpc) is 2.44. The SMILES string of the molecule is COc1ccc(C)c2c3c(c(=O)n(C)c12)CCNC3. The Hall–Kier alpha value is -1.81. The summed E-state index contributed by atoms with van der Waals surface area (Å²) in [5, 5.41) is 4.51. The first-order valence-electron chi connectivity index (χ1n) is 6.54. The van der Waals surface area contributed by atoms with E-state index in [1.54, 1.807) is 11.7 Å². The van der Waals surface area contributed by atoms with Gasteiger partial charge in [-0.15, -0.1) is 0 Å². The van der Waals surface area contributed by atoms with Crippen molar-refractivity contribution in [1.82, 2.24) is 9.88 Å². The van der Waals surface area contributed by atoms with E-state index in [1.165, 1.54) is 5.56 Å². The van der Waals surface area contributed by atoms with Gasteiger partial charge in [0.15, 0.2) is 0 Å². The van der Waals surface area contributed by atoms with Gasteiger partial charge in [-0.2, -0.15) is 0 Å². The Morgan fingerprint density at radius 3 is 2.84 bits per heavy atom. The molecule has 3 rings (SSSR count). The van der Waals surface area contributed by atoms with Crippen molar-refractivity contribution >= 4 is 10.9 Å². The van der Waals surface area contributed by atoms with E-state index in [9.17, 15) is 4.79 Å². The second kappa shape index (κ2) is 4.38. The molecule has 0 amide bonds. The monoisotopic (exact) mass is 258 g/mol. The van der Waals surface area contributed by atoms with Gasteiger partial charge in [-0.1, -0.05) is 6.07 Å². The number of pyridine rings is 1. The summed E-state index contributed by atoms with van der Waals surface area (Å²) in [6.45, 7) is 3.72. The van der Waals surface area contributed by atoms with Crippen LogP contribution in [0.2, 0.25) is 0 Å². The molecule has 0 radical (unpaired) electrons. The third-order valence-corrected chi connectivity index (χ3v) is 3.99. The summed E-state index contributed by atoms with van der Waals surface area (Å²) in [7, 11) is 3.47. The van der Waals surface area contributed by atoms with E-state index in [0.717, 1.165) is 47.3 Å². The highest BCUT2D eigenvalue weighted by Crippen LogP contribution is 2.31. The van der Waals surface area contributed by atoms with Crippen molar-refractivity contribution in [3.8, 4) is 5.75 Å². The molecule has 2 aromatic rings. The molecule has 0 bridgehead atoms. The molecule has 1 aromatic carbocycles. The first kappa shape index (κ1) is 12.2. The summed E-state index contributed by atoms with van der Waals surface area (Å²) in [5.41, 5.74) is 4.28. The van der Waals surface area contributed by atoms with E-state index >= 15 is 0 Å². The van der Waals surface area contributed by atoms with Gasteiger partial charge in [0.1, 0.15) is 5.75 Å². The summed E-state index contributed by atoms with van der Waals surface area (Å²) >= 11 is 0. The van der Waals surface area contributed by atoms with Crippen LogP contribution in [0, 0.1) is 6.92 Å². The lowest BCUT2D eigenvalue weighted by atomic mass is 9.95. The van der Waals surface area contributed by atoms with Crippen LogP contribution in [0.4, 0.5) is 0 Å². The molecule has 0 saturated carbocycles. The lowest BCUT2D eigenvalue weighted by Gasteiger charge is -2.22. The maximum atomic E-state index is 12.5. The molecule has 1 N–H and O–H groups in total. The zero-order valence-electron chi connectivity index (χ0n) is 11.5. The Morgan fingerprint density at radius 2 is 2.11 bits per heavy atom. The Bertz CT molecular complexity index is 716. The van der Waals surface area contributed by atoms with Gasteiger partial charge in [0.2, 0.25) is 0 Å². The molecular weight excluding hydrogens is 240 g/mol. The lowest BCUT2D eigenvalue weighted by Crippen LogP contribution is -2.33. The van der Waals surface area contributed by atoms with Crippen molar-refractivity contribution in [2.75, 3.05) is 13.7 Å². The molecule has 0 saturated heterocycles. The maximum absolute atomic E-state index is 12.5. The fourth-order valence-corrected chi connectivity index (χ4v) is 3.02. The quantitative estimate of drug-likeness (QED) is 0.843. The van der Waals surface area contributed by atoms with Crippen LogP contribution in [0.5, 0.6) is 5.75 Å². The molecule has 0 unspecified atom stereocenters. The molecule has 0 atom stereocenters. The molecule has 1 aliphatic rings. The van der Waals surface area contributed by atoms with Crippen molar-refractivity contribution in [3.63, 3.8) is 0 Å². The van der Waals surface area contributed by atoms with Gasteiger partial charge in [0.05, 0.1) is 12.6 Å². The minimum absolute atomic E-state index is 0.105. The van der Waals surface area contributed by atoms with Gasteiger partial charge >= 0.3 is 0 Å². The molecule has 19 heavy (non-hydrogen) atoms. The maximum Gasteiger partial charge on any atom is 0.254 e. The van der Waals surface area contributed by atoms with Gasteiger partial charge in [-0.05, 0) is 37.1 Å². The van der Waals surface area contributed by atoms with Gasteiger partial charge < -0.3 is 14.6 Å². The highest BCUT2D eigenvalue weighted by Gasteiger charge is 2.21. The number of aryl methyl sites for hydroxylation is 2. The zero-order valence-corrected chi connectivity index (χ0v) is 11.5.